The van der Waals surface area contributed by atoms with E-state index in [0.717, 1.165) is 12.8 Å². The lowest BCUT2D eigenvalue weighted by Crippen LogP contribution is -2.42. The van der Waals surface area contributed by atoms with Gasteiger partial charge in [0.1, 0.15) is 17.4 Å². The van der Waals surface area contributed by atoms with E-state index in [2.05, 4.69) is 15.0 Å². The molecular formula is C16H24N6O3. The molecule has 3 N–H and O–H groups in total. The largest absolute Gasteiger partial charge is 0.444 e. The maximum Gasteiger partial charge on any atom is 0.410 e. The number of nitrogen functional groups attached to an aromatic ring is 1. The number of hydrogen-bond donors (Lipinski definition) is 2. The molecule has 0 saturated carbocycles. The van der Waals surface area contributed by atoms with Crippen LogP contribution >= 0.6 is 0 Å². The standard InChI is InChI=1S/C16H24N6O3/c1-16(2,3)25-15(24)21-6-4-10(5-7-21)8-22-13-11(20-14(22)23)12(17)18-9-19-13/h9-10H,4-8H2,1-3H3,(H,20,23)(H2,17,18,19). The van der Waals surface area contributed by atoms with Gasteiger partial charge in [0.2, 0.25) is 0 Å². The molecule has 1 amide bonds. The summed E-state index contributed by atoms with van der Waals surface area (Å²) in [7, 11) is 0. The van der Waals surface area contributed by atoms with E-state index in [0.29, 0.717) is 30.8 Å². The number of carbonyl (C=O) groups excluding carboxylic acids is 1. The third kappa shape index (κ3) is 3.75. The van der Waals surface area contributed by atoms with Crippen LogP contribution in [-0.4, -0.2) is 49.2 Å². The van der Waals surface area contributed by atoms with E-state index in [4.69, 9.17) is 10.5 Å². The third-order valence-electron chi connectivity index (χ3n) is 4.30. The molecule has 0 aromatic carbocycles. The Labute approximate surface area is 145 Å². The lowest BCUT2D eigenvalue weighted by Gasteiger charge is -2.33. The van der Waals surface area contributed by atoms with Crippen molar-refractivity contribution in [1.29, 1.82) is 0 Å². The highest BCUT2D eigenvalue weighted by Gasteiger charge is 2.27. The summed E-state index contributed by atoms with van der Waals surface area (Å²) in [6, 6.07) is 0. The van der Waals surface area contributed by atoms with E-state index in [1.54, 1.807) is 9.47 Å². The summed E-state index contributed by atoms with van der Waals surface area (Å²) in [5.41, 5.74) is 6.04. The Morgan fingerprint density at radius 1 is 1.36 bits per heavy atom. The molecule has 1 saturated heterocycles. The van der Waals surface area contributed by atoms with E-state index >= 15 is 0 Å². The third-order valence-corrected chi connectivity index (χ3v) is 4.30. The highest BCUT2D eigenvalue weighted by Crippen LogP contribution is 2.22. The number of ether oxygens (including phenoxy) is 1. The molecule has 1 aliphatic rings. The van der Waals surface area contributed by atoms with E-state index in [1.807, 2.05) is 20.8 Å². The SMILES string of the molecule is CC(C)(C)OC(=O)N1CCC(Cn2c(=O)[nH]c3c(N)ncnc32)CC1. The van der Waals surface area contributed by atoms with Crippen molar-refractivity contribution in [2.75, 3.05) is 18.8 Å². The number of piperidine rings is 1. The average molecular weight is 348 g/mol. The van der Waals surface area contributed by atoms with Gasteiger partial charge in [-0.1, -0.05) is 0 Å². The molecule has 2 aromatic heterocycles. The number of anilines is 1. The molecule has 0 radical (unpaired) electrons. The van der Waals surface area contributed by atoms with Crippen molar-refractivity contribution in [3.8, 4) is 0 Å². The van der Waals surface area contributed by atoms with Crippen molar-refractivity contribution in [1.82, 2.24) is 24.4 Å². The fraction of sp³-hybridized carbons (Fsp3) is 0.625. The van der Waals surface area contributed by atoms with Crippen LogP contribution in [0.4, 0.5) is 10.6 Å². The topological polar surface area (TPSA) is 119 Å². The van der Waals surface area contributed by atoms with E-state index in [-0.39, 0.29) is 23.5 Å². The predicted octanol–water partition coefficient (Wildman–Crippen LogP) is 1.35. The number of rotatable bonds is 2. The number of H-pyrrole nitrogens is 1. The number of amides is 1. The summed E-state index contributed by atoms with van der Waals surface area (Å²) in [4.78, 5) is 36.8. The van der Waals surface area contributed by atoms with Crippen molar-refractivity contribution >= 4 is 23.1 Å². The first-order chi connectivity index (χ1) is 11.7. The Kier molecular flexibility index (Phi) is 4.40. The van der Waals surface area contributed by atoms with Gasteiger partial charge in [-0.15, -0.1) is 0 Å². The second-order valence-corrected chi connectivity index (χ2v) is 7.41. The maximum atomic E-state index is 12.2. The monoisotopic (exact) mass is 348 g/mol. The molecule has 2 aromatic rings. The molecule has 9 nitrogen and oxygen atoms in total. The Morgan fingerprint density at radius 3 is 2.68 bits per heavy atom. The Balaban J connectivity index is 1.65. The fourth-order valence-electron chi connectivity index (χ4n) is 3.04. The van der Waals surface area contributed by atoms with Gasteiger partial charge in [-0.05, 0) is 39.5 Å². The number of nitrogens with zero attached hydrogens (tertiary/aromatic N) is 4. The van der Waals surface area contributed by atoms with Crippen molar-refractivity contribution in [2.24, 2.45) is 5.92 Å². The molecule has 3 rings (SSSR count). The van der Waals surface area contributed by atoms with E-state index < -0.39 is 5.60 Å². The minimum absolute atomic E-state index is 0.239. The van der Waals surface area contributed by atoms with Gasteiger partial charge in [0.25, 0.3) is 0 Å². The molecule has 0 spiro atoms. The number of aromatic amines is 1. The van der Waals surface area contributed by atoms with Crippen LogP contribution in [0.2, 0.25) is 0 Å². The van der Waals surface area contributed by atoms with Gasteiger partial charge in [-0.25, -0.2) is 19.6 Å². The van der Waals surface area contributed by atoms with Gasteiger partial charge in [-0.3, -0.25) is 4.57 Å². The smallest absolute Gasteiger partial charge is 0.410 e. The highest BCUT2D eigenvalue weighted by molar-refractivity contribution is 5.81. The number of carbonyl (C=O) groups is 1. The van der Waals surface area contributed by atoms with Gasteiger partial charge >= 0.3 is 11.8 Å². The Morgan fingerprint density at radius 2 is 2.04 bits per heavy atom. The van der Waals surface area contributed by atoms with Crippen LogP contribution in [0.15, 0.2) is 11.1 Å². The molecule has 1 fully saturated rings. The van der Waals surface area contributed by atoms with E-state index in [9.17, 15) is 9.59 Å². The normalized spacial score (nSPS) is 16.4. The van der Waals surface area contributed by atoms with Crippen molar-refractivity contribution < 1.29 is 9.53 Å². The molecule has 136 valence electrons. The summed E-state index contributed by atoms with van der Waals surface area (Å²) in [6.07, 6.45) is 2.68. The van der Waals surface area contributed by atoms with Crippen LogP contribution in [0.3, 0.4) is 0 Å². The quantitative estimate of drug-likeness (QED) is 0.845. The number of imidazole rings is 1. The minimum Gasteiger partial charge on any atom is -0.444 e. The molecule has 0 aliphatic carbocycles. The average Bonchev–Trinajstić information content (AvgIpc) is 2.84. The molecule has 1 aliphatic heterocycles. The molecular weight excluding hydrogens is 324 g/mol. The zero-order chi connectivity index (χ0) is 18.2. The Hall–Kier alpha value is -2.58. The van der Waals surface area contributed by atoms with Gasteiger partial charge < -0.3 is 20.4 Å². The number of hydrogen-bond acceptors (Lipinski definition) is 6. The van der Waals surface area contributed by atoms with Gasteiger partial charge in [-0.2, -0.15) is 0 Å². The molecule has 25 heavy (non-hydrogen) atoms. The molecule has 0 bridgehead atoms. The summed E-state index contributed by atoms with van der Waals surface area (Å²) in [6.45, 7) is 7.34. The van der Waals surface area contributed by atoms with Crippen LogP contribution in [0.25, 0.3) is 11.2 Å². The first kappa shape index (κ1) is 17.2. The second-order valence-electron chi connectivity index (χ2n) is 7.41. The van der Waals surface area contributed by atoms with Crippen LogP contribution in [-0.2, 0) is 11.3 Å². The van der Waals surface area contributed by atoms with Crippen molar-refractivity contribution in [3.63, 3.8) is 0 Å². The maximum absolute atomic E-state index is 12.2. The number of likely N-dealkylation sites (tertiary alicyclic amines) is 1. The first-order valence-electron chi connectivity index (χ1n) is 8.41. The van der Waals surface area contributed by atoms with Crippen LogP contribution in [0.1, 0.15) is 33.6 Å². The predicted molar refractivity (Wildman–Crippen MR) is 93.1 cm³/mol. The highest BCUT2D eigenvalue weighted by atomic mass is 16.6. The lowest BCUT2D eigenvalue weighted by atomic mass is 9.97. The van der Waals surface area contributed by atoms with E-state index in [1.165, 1.54) is 6.33 Å². The van der Waals surface area contributed by atoms with Gasteiger partial charge in [0.05, 0.1) is 0 Å². The minimum atomic E-state index is -0.495. The van der Waals surface area contributed by atoms with Gasteiger partial charge in [0, 0.05) is 19.6 Å². The van der Waals surface area contributed by atoms with Crippen LogP contribution in [0.5, 0.6) is 0 Å². The summed E-state index contributed by atoms with van der Waals surface area (Å²) < 4.78 is 7.00. The zero-order valence-electron chi connectivity index (χ0n) is 14.8. The fourth-order valence-corrected chi connectivity index (χ4v) is 3.04. The molecule has 0 atom stereocenters. The summed E-state index contributed by atoms with van der Waals surface area (Å²) in [5.74, 6) is 0.548. The van der Waals surface area contributed by atoms with Crippen LogP contribution in [0, 0.1) is 5.92 Å². The molecule has 0 unspecified atom stereocenters. The number of nitrogens with one attached hydrogen (secondary N) is 1. The number of nitrogens with two attached hydrogens (primary N) is 1. The van der Waals surface area contributed by atoms with Gasteiger partial charge in [0.15, 0.2) is 11.5 Å². The van der Waals surface area contributed by atoms with Crippen LogP contribution < -0.4 is 11.4 Å². The first-order valence-corrected chi connectivity index (χ1v) is 8.41. The number of aromatic nitrogens is 4. The second kappa shape index (κ2) is 6.38. The van der Waals surface area contributed by atoms with Crippen molar-refractivity contribution in [3.05, 3.63) is 16.8 Å². The lowest BCUT2D eigenvalue weighted by molar-refractivity contribution is 0.0178. The zero-order valence-corrected chi connectivity index (χ0v) is 14.8. The Bertz CT molecular complexity index is 826. The summed E-state index contributed by atoms with van der Waals surface area (Å²) in [5, 5.41) is 0. The summed E-state index contributed by atoms with van der Waals surface area (Å²) >= 11 is 0. The molecule has 9 heteroatoms. The molecule has 3 heterocycles. The van der Waals surface area contributed by atoms with Crippen molar-refractivity contribution in [2.45, 2.75) is 45.8 Å². The number of fused-ring (bicyclic) bond motifs is 1.